The highest BCUT2D eigenvalue weighted by Gasteiger charge is 2.13. The Morgan fingerprint density at radius 1 is 1.21 bits per heavy atom. The smallest absolute Gasteiger partial charge is 0.256 e. The van der Waals surface area contributed by atoms with Gasteiger partial charge in [0.2, 0.25) is 0 Å². The Kier molecular flexibility index (Phi) is 4.71. The van der Waals surface area contributed by atoms with Crippen LogP contribution in [-0.2, 0) is 0 Å². The van der Waals surface area contributed by atoms with E-state index in [1.807, 2.05) is 19.1 Å². The van der Waals surface area contributed by atoms with Gasteiger partial charge in [-0.3, -0.25) is 4.79 Å². The summed E-state index contributed by atoms with van der Waals surface area (Å²) in [6.45, 7) is 1.89. The van der Waals surface area contributed by atoms with Crippen LogP contribution in [0.1, 0.15) is 15.9 Å². The highest BCUT2D eigenvalue weighted by molar-refractivity contribution is 14.1. The van der Waals surface area contributed by atoms with Gasteiger partial charge in [0.15, 0.2) is 0 Å². The van der Waals surface area contributed by atoms with Crippen LogP contribution in [0.2, 0.25) is 10.0 Å². The topological polar surface area (TPSA) is 29.1 Å². The second-order valence-corrected chi connectivity index (χ2v) is 5.99. The average molecular weight is 406 g/mol. The molecule has 0 heterocycles. The third-order valence-electron chi connectivity index (χ3n) is 2.61. The lowest BCUT2D eigenvalue weighted by atomic mass is 10.2. The molecule has 0 atom stereocenters. The molecule has 0 fully saturated rings. The lowest BCUT2D eigenvalue weighted by molar-refractivity contribution is 0.102. The number of carbonyl (C=O) groups excluding carboxylic acids is 1. The van der Waals surface area contributed by atoms with E-state index in [0.29, 0.717) is 21.3 Å². The molecule has 0 aliphatic carbocycles. The van der Waals surface area contributed by atoms with Gasteiger partial charge in [-0.1, -0.05) is 35.3 Å². The van der Waals surface area contributed by atoms with E-state index in [4.69, 9.17) is 23.2 Å². The van der Waals surface area contributed by atoms with Crippen LogP contribution in [0.25, 0.3) is 0 Å². The lowest BCUT2D eigenvalue weighted by Crippen LogP contribution is -2.14. The van der Waals surface area contributed by atoms with Crippen LogP contribution in [0.15, 0.2) is 36.4 Å². The Labute approximate surface area is 135 Å². The monoisotopic (exact) mass is 405 g/mol. The van der Waals surface area contributed by atoms with E-state index >= 15 is 0 Å². The van der Waals surface area contributed by atoms with Gasteiger partial charge < -0.3 is 5.32 Å². The second kappa shape index (κ2) is 6.11. The number of hydrogen-bond acceptors (Lipinski definition) is 1. The molecule has 1 amide bonds. The van der Waals surface area contributed by atoms with Gasteiger partial charge >= 0.3 is 0 Å². The Morgan fingerprint density at radius 2 is 1.95 bits per heavy atom. The molecule has 0 saturated carbocycles. The van der Waals surface area contributed by atoms with Crippen molar-refractivity contribution in [3.63, 3.8) is 0 Å². The Balaban J connectivity index is 2.31. The summed E-state index contributed by atoms with van der Waals surface area (Å²) in [6, 6.07) is 10.7. The molecule has 0 aromatic heterocycles. The number of benzene rings is 2. The highest BCUT2D eigenvalue weighted by Crippen LogP contribution is 2.26. The molecular weight excluding hydrogens is 396 g/mol. The summed E-state index contributed by atoms with van der Waals surface area (Å²) in [5.74, 6) is -0.223. The summed E-state index contributed by atoms with van der Waals surface area (Å²) < 4.78 is 0.836. The van der Waals surface area contributed by atoms with E-state index in [1.165, 1.54) is 0 Å². The molecule has 2 aromatic rings. The summed E-state index contributed by atoms with van der Waals surface area (Å²) >= 11 is 14.2. The fraction of sp³-hybridized carbons (Fsp3) is 0.0714. The van der Waals surface area contributed by atoms with Crippen molar-refractivity contribution in [2.24, 2.45) is 0 Å². The van der Waals surface area contributed by atoms with Gasteiger partial charge in [0.25, 0.3) is 5.91 Å². The third kappa shape index (κ3) is 3.41. The van der Waals surface area contributed by atoms with Gasteiger partial charge in [0.1, 0.15) is 0 Å². The van der Waals surface area contributed by atoms with Crippen molar-refractivity contribution in [1.29, 1.82) is 0 Å². The van der Waals surface area contributed by atoms with E-state index in [-0.39, 0.29) is 5.91 Å². The van der Waals surface area contributed by atoms with E-state index in [2.05, 4.69) is 27.9 Å². The maximum atomic E-state index is 12.2. The standard InChI is InChI=1S/C14H10Cl2INO/c1-8-3-2-4-12(13(8)16)18-14(19)10-7-9(15)5-6-11(10)17/h2-7H,1H3,(H,18,19). The first-order valence-electron chi connectivity index (χ1n) is 5.50. The summed E-state index contributed by atoms with van der Waals surface area (Å²) in [4.78, 5) is 12.2. The van der Waals surface area contributed by atoms with Gasteiger partial charge in [0, 0.05) is 8.59 Å². The average Bonchev–Trinajstić information content (AvgIpc) is 2.38. The third-order valence-corrected chi connectivity index (χ3v) is 4.29. The molecule has 2 rings (SSSR count). The molecule has 0 bridgehead atoms. The fourth-order valence-electron chi connectivity index (χ4n) is 1.61. The number of anilines is 1. The van der Waals surface area contributed by atoms with Crippen LogP contribution in [0.3, 0.4) is 0 Å². The van der Waals surface area contributed by atoms with Crippen molar-refractivity contribution in [3.05, 3.63) is 61.1 Å². The Hall–Kier alpha value is -0.780. The fourth-order valence-corrected chi connectivity index (χ4v) is 2.53. The minimum atomic E-state index is -0.223. The molecule has 2 nitrogen and oxygen atoms in total. The highest BCUT2D eigenvalue weighted by atomic mass is 127. The van der Waals surface area contributed by atoms with Crippen LogP contribution in [-0.4, -0.2) is 5.91 Å². The molecule has 0 saturated heterocycles. The number of carbonyl (C=O) groups is 1. The van der Waals surface area contributed by atoms with E-state index in [1.54, 1.807) is 24.3 Å². The molecule has 0 spiro atoms. The zero-order valence-electron chi connectivity index (χ0n) is 10.0. The molecule has 0 radical (unpaired) electrons. The number of nitrogens with one attached hydrogen (secondary N) is 1. The second-order valence-electron chi connectivity index (χ2n) is 4.01. The zero-order chi connectivity index (χ0) is 14.0. The van der Waals surface area contributed by atoms with E-state index < -0.39 is 0 Å². The maximum absolute atomic E-state index is 12.2. The number of hydrogen-bond donors (Lipinski definition) is 1. The molecule has 0 aliphatic rings. The molecule has 5 heteroatoms. The molecule has 98 valence electrons. The van der Waals surface area contributed by atoms with Gasteiger partial charge in [-0.15, -0.1) is 0 Å². The predicted octanol–water partition coefficient (Wildman–Crippen LogP) is 5.16. The number of halogens is 3. The van der Waals surface area contributed by atoms with Crippen LogP contribution >= 0.6 is 45.8 Å². The minimum absolute atomic E-state index is 0.223. The quantitative estimate of drug-likeness (QED) is 0.687. The zero-order valence-corrected chi connectivity index (χ0v) is 13.7. The van der Waals surface area contributed by atoms with Crippen molar-refractivity contribution in [3.8, 4) is 0 Å². The summed E-state index contributed by atoms with van der Waals surface area (Å²) in [6.07, 6.45) is 0. The largest absolute Gasteiger partial charge is 0.321 e. The van der Waals surface area contributed by atoms with Gasteiger partial charge in [-0.05, 0) is 59.3 Å². The van der Waals surface area contributed by atoms with Crippen LogP contribution in [0.4, 0.5) is 5.69 Å². The molecule has 19 heavy (non-hydrogen) atoms. The van der Waals surface area contributed by atoms with Crippen molar-refractivity contribution >= 4 is 57.4 Å². The summed E-state index contributed by atoms with van der Waals surface area (Å²) in [5, 5.41) is 3.88. The maximum Gasteiger partial charge on any atom is 0.256 e. The summed E-state index contributed by atoms with van der Waals surface area (Å²) in [5.41, 5.74) is 2.05. The summed E-state index contributed by atoms with van der Waals surface area (Å²) in [7, 11) is 0. The van der Waals surface area contributed by atoms with Crippen molar-refractivity contribution in [2.45, 2.75) is 6.92 Å². The van der Waals surface area contributed by atoms with Crippen molar-refractivity contribution in [2.75, 3.05) is 5.32 Å². The lowest BCUT2D eigenvalue weighted by Gasteiger charge is -2.10. The van der Waals surface area contributed by atoms with Crippen LogP contribution < -0.4 is 5.32 Å². The first kappa shape index (κ1) is 14.6. The predicted molar refractivity (Wildman–Crippen MR) is 88.3 cm³/mol. The van der Waals surface area contributed by atoms with Crippen LogP contribution in [0, 0.1) is 10.5 Å². The van der Waals surface area contributed by atoms with E-state index in [0.717, 1.165) is 9.13 Å². The molecule has 0 aliphatic heterocycles. The molecular formula is C14H10Cl2INO. The number of amides is 1. The first-order chi connectivity index (χ1) is 8.99. The van der Waals surface area contributed by atoms with Crippen molar-refractivity contribution in [1.82, 2.24) is 0 Å². The number of rotatable bonds is 2. The normalized spacial score (nSPS) is 10.3. The Bertz CT molecular complexity index is 643. The number of aryl methyl sites for hydroxylation is 1. The van der Waals surface area contributed by atoms with Gasteiger partial charge in [0.05, 0.1) is 16.3 Å². The Morgan fingerprint density at radius 3 is 2.68 bits per heavy atom. The van der Waals surface area contributed by atoms with E-state index in [9.17, 15) is 4.79 Å². The molecule has 2 aromatic carbocycles. The van der Waals surface area contributed by atoms with Gasteiger partial charge in [-0.2, -0.15) is 0 Å². The molecule has 0 unspecified atom stereocenters. The minimum Gasteiger partial charge on any atom is -0.321 e. The van der Waals surface area contributed by atoms with Crippen LogP contribution in [0.5, 0.6) is 0 Å². The SMILES string of the molecule is Cc1cccc(NC(=O)c2cc(Cl)ccc2I)c1Cl. The first-order valence-corrected chi connectivity index (χ1v) is 7.34. The van der Waals surface area contributed by atoms with Crippen molar-refractivity contribution < 1.29 is 4.79 Å². The van der Waals surface area contributed by atoms with Gasteiger partial charge in [-0.25, -0.2) is 0 Å². The molecule has 1 N–H and O–H groups in total.